The normalized spacial score (nSPS) is 14.3. The van der Waals surface area contributed by atoms with E-state index < -0.39 is 0 Å². The van der Waals surface area contributed by atoms with Crippen molar-refractivity contribution < 1.29 is 9.18 Å². The Morgan fingerprint density at radius 2 is 2.20 bits per heavy atom. The molecule has 1 aromatic carbocycles. The molecule has 3 rings (SSSR count). The van der Waals surface area contributed by atoms with E-state index in [0.29, 0.717) is 22.6 Å². The van der Waals surface area contributed by atoms with Gasteiger partial charge in [-0.3, -0.25) is 4.79 Å². The molecule has 5 heteroatoms. The second-order valence-electron chi connectivity index (χ2n) is 4.87. The predicted octanol–water partition coefficient (Wildman–Crippen LogP) is 4.45. The van der Waals surface area contributed by atoms with Crippen LogP contribution in [0.25, 0.3) is 0 Å². The van der Waals surface area contributed by atoms with Crippen LogP contribution in [0.1, 0.15) is 28.1 Å². The highest BCUT2D eigenvalue weighted by Gasteiger charge is 2.34. The SMILES string of the molecule is O=C(c1cc(F)ccc1Br)N(Cc1cccs1)C1CC1. The molecule has 0 unspecified atom stereocenters. The minimum Gasteiger partial charge on any atom is -0.330 e. The highest BCUT2D eigenvalue weighted by Crippen LogP contribution is 2.32. The fourth-order valence-electron chi connectivity index (χ4n) is 2.14. The third-order valence-corrected chi connectivity index (χ3v) is 4.87. The van der Waals surface area contributed by atoms with Gasteiger partial charge in [0.25, 0.3) is 5.91 Å². The van der Waals surface area contributed by atoms with Gasteiger partial charge in [0.05, 0.1) is 12.1 Å². The molecule has 0 atom stereocenters. The average Bonchev–Trinajstić information content (AvgIpc) is 3.15. The molecular formula is C15H13BrFNOS. The van der Waals surface area contributed by atoms with Crippen LogP contribution in [-0.2, 0) is 6.54 Å². The van der Waals surface area contributed by atoms with Crippen LogP contribution in [0.4, 0.5) is 4.39 Å². The van der Waals surface area contributed by atoms with Gasteiger partial charge in [-0.15, -0.1) is 11.3 Å². The van der Waals surface area contributed by atoms with E-state index in [1.54, 1.807) is 17.4 Å². The number of rotatable bonds is 4. The van der Waals surface area contributed by atoms with Crippen LogP contribution in [0, 0.1) is 5.82 Å². The van der Waals surface area contributed by atoms with Crippen molar-refractivity contribution in [3.63, 3.8) is 0 Å². The second kappa shape index (κ2) is 5.66. The molecule has 1 amide bonds. The van der Waals surface area contributed by atoms with Crippen LogP contribution >= 0.6 is 27.3 Å². The van der Waals surface area contributed by atoms with Crippen LogP contribution in [0.5, 0.6) is 0 Å². The van der Waals surface area contributed by atoms with Crippen molar-refractivity contribution in [1.29, 1.82) is 0 Å². The largest absolute Gasteiger partial charge is 0.330 e. The van der Waals surface area contributed by atoms with E-state index in [9.17, 15) is 9.18 Å². The first-order chi connectivity index (χ1) is 9.65. The van der Waals surface area contributed by atoms with Gasteiger partial charge in [-0.1, -0.05) is 6.07 Å². The zero-order valence-corrected chi connectivity index (χ0v) is 13.1. The summed E-state index contributed by atoms with van der Waals surface area (Å²) in [5.74, 6) is -0.490. The minimum atomic E-state index is -0.386. The molecule has 2 aromatic rings. The van der Waals surface area contributed by atoms with E-state index in [4.69, 9.17) is 0 Å². The summed E-state index contributed by atoms with van der Waals surface area (Å²) in [4.78, 5) is 15.7. The maximum atomic E-state index is 13.4. The Morgan fingerprint density at radius 3 is 2.85 bits per heavy atom. The number of thiophene rings is 1. The van der Waals surface area contributed by atoms with Crippen LogP contribution in [0.2, 0.25) is 0 Å². The van der Waals surface area contributed by atoms with Crippen LogP contribution in [0.3, 0.4) is 0 Å². The number of carbonyl (C=O) groups excluding carboxylic acids is 1. The highest BCUT2D eigenvalue weighted by molar-refractivity contribution is 9.10. The minimum absolute atomic E-state index is 0.104. The molecule has 1 aliphatic carbocycles. The molecule has 1 aliphatic rings. The molecule has 0 N–H and O–H groups in total. The molecule has 0 saturated heterocycles. The molecule has 0 spiro atoms. The lowest BCUT2D eigenvalue weighted by molar-refractivity contribution is 0.0730. The maximum Gasteiger partial charge on any atom is 0.255 e. The number of benzene rings is 1. The smallest absolute Gasteiger partial charge is 0.255 e. The van der Waals surface area contributed by atoms with Crippen molar-refractivity contribution in [1.82, 2.24) is 4.90 Å². The van der Waals surface area contributed by atoms with E-state index >= 15 is 0 Å². The first-order valence-corrected chi connectivity index (χ1v) is 8.11. The lowest BCUT2D eigenvalue weighted by Crippen LogP contribution is -2.32. The Hall–Kier alpha value is -1.20. The van der Waals surface area contributed by atoms with Gasteiger partial charge in [0, 0.05) is 15.4 Å². The lowest BCUT2D eigenvalue weighted by Gasteiger charge is -2.22. The molecule has 1 heterocycles. The zero-order valence-electron chi connectivity index (χ0n) is 10.7. The van der Waals surface area contributed by atoms with Crippen LogP contribution < -0.4 is 0 Å². The van der Waals surface area contributed by atoms with Crippen molar-refractivity contribution in [2.75, 3.05) is 0 Å². The van der Waals surface area contributed by atoms with E-state index in [1.807, 2.05) is 22.4 Å². The van der Waals surface area contributed by atoms with Crippen LogP contribution in [-0.4, -0.2) is 16.8 Å². The summed E-state index contributed by atoms with van der Waals surface area (Å²) in [7, 11) is 0. The molecule has 0 aliphatic heterocycles. The molecule has 1 saturated carbocycles. The van der Waals surface area contributed by atoms with Gasteiger partial charge in [-0.2, -0.15) is 0 Å². The van der Waals surface area contributed by atoms with E-state index in [2.05, 4.69) is 15.9 Å². The number of hydrogen-bond donors (Lipinski definition) is 0. The van der Waals surface area contributed by atoms with E-state index in [0.717, 1.165) is 17.7 Å². The Bertz CT molecular complexity index is 625. The number of nitrogens with zero attached hydrogens (tertiary/aromatic N) is 1. The van der Waals surface area contributed by atoms with E-state index in [1.165, 1.54) is 12.1 Å². The third-order valence-electron chi connectivity index (χ3n) is 3.31. The van der Waals surface area contributed by atoms with Gasteiger partial charge in [0.2, 0.25) is 0 Å². The summed E-state index contributed by atoms with van der Waals surface area (Å²) in [6.45, 7) is 0.601. The van der Waals surface area contributed by atoms with Crippen LogP contribution in [0.15, 0.2) is 40.2 Å². The summed E-state index contributed by atoms with van der Waals surface area (Å²) in [6.07, 6.45) is 2.06. The molecule has 104 valence electrons. The molecule has 2 nitrogen and oxygen atoms in total. The Kier molecular flexibility index (Phi) is 3.89. The number of amides is 1. The monoisotopic (exact) mass is 353 g/mol. The fourth-order valence-corrected chi connectivity index (χ4v) is 3.26. The van der Waals surface area contributed by atoms with Crippen molar-refractivity contribution >= 4 is 33.2 Å². The quantitative estimate of drug-likeness (QED) is 0.794. The summed E-state index contributed by atoms with van der Waals surface area (Å²) in [5.41, 5.74) is 0.397. The first kappa shape index (κ1) is 13.8. The van der Waals surface area contributed by atoms with Crippen molar-refractivity contribution in [2.45, 2.75) is 25.4 Å². The first-order valence-electron chi connectivity index (χ1n) is 6.43. The van der Waals surface area contributed by atoms with Gasteiger partial charge in [-0.25, -0.2) is 4.39 Å². The Morgan fingerprint density at radius 1 is 1.40 bits per heavy atom. The van der Waals surface area contributed by atoms with Crippen molar-refractivity contribution in [3.05, 3.63) is 56.4 Å². The van der Waals surface area contributed by atoms with Crippen molar-refractivity contribution in [2.24, 2.45) is 0 Å². The van der Waals surface area contributed by atoms with Crippen molar-refractivity contribution in [3.8, 4) is 0 Å². The van der Waals surface area contributed by atoms with E-state index in [-0.39, 0.29) is 11.7 Å². The maximum absolute atomic E-state index is 13.4. The summed E-state index contributed by atoms with van der Waals surface area (Å²) >= 11 is 4.97. The predicted molar refractivity (Wildman–Crippen MR) is 81.3 cm³/mol. The lowest BCUT2D eigenvalue weighted by atomic mass is 10.2. The Labute approximate surface area is 129 Å². The molecular weight excluding hydrogens is 341 g/mol. The fraction of sp³-hybridized carbons (Fsp3) is 0.267. The number of halogens is 2. The molecule has 20 heavy (non-hydrogen) atoms. The third kappa shape index (κ3) is 2.94. The van der Waals surface area contributed by atoms with Gasteiger partial charge in [-0.05, 0) is 58.4 Å². The number of carbonyl (C=O) groups is 1. The van der Waals surface area contributed by atoms with Gasteiger partial charge >= 0.3 is 0 Å². The molecule has 1 aromatic heterocycles. The topological polar surface area (TPSA) is 20.3 Å². The standard InChI is InChI=1S/C15H13BrFNOS/c16-14-6-3-10(17)8-13(14)15(19)18(11-4-5-11)9-12-2-1-7-20-12/h1-3,6-8,11H,4-5,9H2. The highest BCUT2D eigenvalue weighted by atomic mass is 79.9. The zero-order chi connectivity index (χ0) is 14.1. The van der Waals surface area contributed by atoms with Gasteiger partial charge in [0.1, 0.15) is 5.82 Å². The van der Waals surface area contributed by atoms with Gasteiger partial charge in [0.15, 0.2) is 0 Å². The summed E-state index contributed by atoms with van der Waals surface area (Å²) < 4.78 is 14.0. The second-order valence-corrected chi connectivity index (χ2v) is 6.75. The van der Waals surface area contributed by atoms with Gasteiger partial charge < -0.3 is 4.90 Å². The number of hydrogen-bond acceptors (Lipinski definition) is 2. The summed E-state index contributed by atoms with van der Waals surface area (Å²) in [6, 6.07) is 8.53. The Balaban J connectivity index is 1.87. The molecule has 0 bridgehead atoms. The average molecular weight is 354 g/mol. The molecule has 1 fully saturated rings. The summed E-state index contributed by atoms with van der Waals surface area (Å²) in [5, 5.41) is 2.00. The molecule has 0 radical (unpaired) electrons.